The lowest BCUT2D eigenvalue weighted by molar-refractivity contribution is -0.385. The molecule has 0 radical (unpaired) electrons. The van der Waals surface area contributed by atoms with Crippen molar-refractivity contribution in [2.45, 2.75) is 0 Å². The number of anilines is 1. The van der Waals surface area contributed by atoms with E-state index in [2.05, 4.69) is 9.97 Å². The first-order chi connectivity index (χ1) is 14.5. The molecule has 0 spiro atoms. The number of oxazole rings is 2. The molecule has 4 rings (SSSR count). The van der Waals surface area contributed by atoms with Crippen molar-refractivity contribution in [2.24, 2.45) is 0 Å². The van der Waals surface area contributed by atoms with Crippen molar-refractivity contribution >= 4 is 11.4 Å². The van der Waals surface area contributed by atoms with E-state index in [1.165, 1.54) is 32.2 Å². The van der Waals surface area contributed by atoms with Crippen molar-refractivity contribution in [3.05, 3.63) is 71.7 Å². The Balaban J connectivity index is 0.000000172. The molecule has 0 atom stereocenters. The van der Waals surface area contributed by atoms with Crippen LogP contribution in [-0.4, -0.2) is 29.1 Å². The van der Waals surface area contributed by atoms with Gasteiger partial charge in [0.2, 0.25) is 0 Å². The molecule has 154 valence electrons. The fourth-order valence-corrected chi connectivity index (χ4v) is 2.56. The number of aromatic nitrogens is 2. The standard InChI is InChI=1S/C10H8N2O4.C10H10N2O2/c1-15-9-4-7(10-5-11-6-16-10)2-3-8(9)12(13)14;1-13-9-4-7(2-3-8(9)11)10-5-12-6-14-10/h2-6H,1H3;2-6H,11H2,1H3. The number of nitrogens with zero attached hydrogens (tertiary/aromatic N) is 3. The van der Waals surface area contributed by atoms with Crippen LogP contribution in [0.2, 0.25) is 0 Å². The molecule has 0 unspecified atom stereocenters. The molecule has 2 heterocycles. The number of rotatable bonds is 5. The molecule has 10 nitrogen and oxygen atoms in total. The first-order valence-electron chi connectivity index (χ1n) is 8.57. The third kappa shape index (κ3) is 4.55. The summed E-state index contributed by atoms with van der Waals surface area (Å²) >= 11 is 0. The van der Waals surface area contributed by atoms with Crippen molar-refractivity contribution in [1.29, 1.82) is 0 Å². The molecule has 0 saturated heterocycles. The van der Waals surface area contributed by atoms with Gasteiger partial charge in [0.15, 0.2) is 30.1 Å². The highest BCUT2D eigenvalue weighted by Gasteiger charge is 2.16. The van der Waals surface area contributed by atoms with Crippen molar-refractivity contribution in [1.82, 2.24) is 9.97 Å². The highest BCUT2D eigenvalue weighted by molar-refractivity contribution is 5.66. The Morgan fingerprint density at radius 2 is 1.43 bits per heavy atom. The quantitative estimate of drug-likeness (QED) is 0.291. The molecule has 2 N–H and O–H groups in total. The number of hydrogen-bond acceptors (Lipinski definition) is 9. The van der Waals surface area contributed by atoms with Crippen LogP contribution in [0.4, 0.5) is 11.4 Å². The largest absolute Gasteiger partial charge is 0.495 e. The van der Waals surface area contributed by atoms with E-state index in [0.29, 0.717) is 28.5 Å². The van der Waals surface area contributed by atoms with Crippen molar-refractivity contribution in [3.63, 3.8) is 0 Å². The van der Waals surface area contributed by atoms with Crippen LogP contribution in [0.25, 0.3) is 22.6 Å². The minimum Gasteiger partial charge on any atom is -0.495 e. The highest BCUT2D eigenvalue weighted by Crippen LogP contribution is 2.32. The van der Waals surface area contributed by atoms with Crippen LogP contribution in [-0.2, 0) is 0 Å². The maximum Gasteiger partial charge on any atom is 0.310 e. The van der Waals surface area contributed by atoms with E-state index >= 15 is 0 Å². The van der Waals surface area contributed by atoms with Gasteiger partial charge in [-0.05, 0) is 30.3 Å². The van der Waals surface area contributed by atoms with Gasteiger partial charge in [0.1, 0.15) is 5.75 Å². The average Bonchev–Trinajstić information content (AvgIpc) is 3.48. The number of benzene rings is 2. The Kier molecular flexibility index (Phi) is 6.28. The zero-order valence-electron chi connectivity index (χ0n) is 16.1. The van der Waals surface area contributed by atoms with Crippen molar-refractivity contribution < 1.29 is 23.2 Å². The second-order valence-corrected chi connectivity index (χ2v) is 5.83. The summed E-state index contributed by atoms with van der Waals surface area (Å²) < 4.78 is 20.3. The molecule has 0 aliphatic carbocycles. The van der Waals surface area contributed by atoms with Gasteiger partial charge < -0.3 is 24.0 Å². The SMILES string of the molecule is COc1cc(-c2cnco2)ccc1N.COc1cc(-c2cnco2)ccc1[N+](=O)[O-]. The van der Waals surface area contributed by atoms with Crippen LogP contribution in [0.1, 0.15) is 0 Å². The first kappa shape index (κ1) is 20.4. The predicted molar refractivity (Wildman–Crippen MR) is 108 cm³/mol. The summed E-state index contributed by atoms with van der Waals surface area (Å²) in [5.74, 6) is 2.06. The summed E-state index contributed by atoms with van der Waals surface area (Å²) in [6.45, 7) is 0. The summed E-state index contributed by atoms with van der Waals surface area (Å²) in [6, 6.07) is 9.95. The summed E-state index contributed by atoms with van der Waals surface area (Å²) in [5.41, 5.74) is 7.79. The van der Waals surface area contributed by atoms with Gasteiger partial charge in [-0.2, -0.15) is 0 Å². The number of ether oxygens (including phenoxy) is 2. The van der Waals surface area contributed by atoms with Crippen LogP contribution in [0.3, 0.4) is 0 Å². The van der Waals surface area contributed by atoms with E-state index in [9.17, 15) is 10.1 Å². The first-order valence-corrected chi connectivity index (χ1v) is 8.57. The number of nitro benzene ring substituents is 1. The minimum atomic E-state index is -0.497. The molecule has 0 bridgehead atoms. The zero-order valence-corrected chi connectivity index (χ0v) is 16.1. The van der Waals surface area contributed by atoms with E-state index in [0.717, 1.165) is 5.56 Å². The van der Waals surface area contributed by atoms with Crippen LogP contribution < -0.4 is 15.2 Å². The minimum absolute atomic E-state index is 0.0780. The summed E-state index contributed by atoms with van der Waals surface area (Å²) in [6.07, 6.45) is 5.85. The lowest BCUT2D eigenvalue weighted by Gasteiger charge is -2.05. The number of hydrogen-bond donors (Lipinski definition) is 1. The lowest BCUT2D eigenvalue weighted by atomic mass is 10.1. The third-order valence-corrected chi connectivity index (χ3v) is 4.04. The number of methoxy groups -OCH3 is 2. The third-order valence-electron chi connectivity index (χ3n) is 4.04. The topological polar surface area (TPSA) is 140 Å². The fraction of sp³-hybridized carbons (Fsp3) is 0.100. The Labute approximate surface area is 171 Å². The monoisotopic (exact) mass is 410 g/mol. The van der Waals surface area contributed by atoms with E-state index < -0.39 is 4.92 Å². The van der Waals surface area contributed by atoms with Crippen molar-refractivity contribution in [3.8, 4) is 34.1 Å². The van der Waals surface area contributed by atoms with Gasteiger partial charge in [0.05, 0.1) is 37.2 Å². The van der Waals surface area contributed by atoms with Crippen LogP contribution in [0, 0.1) is 10.1 Å². The molecule has 0 fully saturated rings. The second-order valence-electron chi connectivity index (χ2n) is 5.83. The number of nitro groups is 1. The molecule has 0 aliphatic rings. The molecule has 2 aromatic carbocycles. The number of nitrogen functional groups attached to an aromatic ring is 1. The van der Waals surface area contributed by atoms with Crippen molar-refractivity contribution in [2.75, 3.05) is 20.0 Å². The Hall–Kier alpha value is -4.34. The van der Waals surface area contributed by atoms with E-state index in [1.807, 2.05) is 12.1 Å². The van der Waals surface area contributed by atoms with Crippen LogP contribution >= 0.6 is 0 Å². The van der Waals surface area contributed by atoms with E-state index in [4.69, 9.17) is 24.0 Å². The number of nitrogens with two attached hydrogens (primary N) is 1. The van der Waals surface area contributed by atoms with Gasteiger partial charge in [-0.3, -0.25) is 10.1 Å². The van der Waals surface area contributed by atoms with Gasteiger partial charge in [-0.1, -0.05) is 0 Å². The molecule has 0 amide bonds. The average molecular weight is 410 g/mol. The van der Waals surface area contributed by atoms with Crippen LogP contribution in [0.5, 0.6) is 11.5 Å². The Morgan fingerprint density at radius 1 is 0.900 bits per heavy atom. The fourth-order valence-electron chi connectivity index (χ4n) is 2.56. The maximum atomic E-state index is 10.7. The lowest BCUT2D eigenvalue weighted by Crippen LogP contribution is -1.93. The molecule has 10 heteroatoms. The molecule has 30 heavy (non-hydrogen) atoms. The van der Waals surface area contributed by atoms with E-state index in [-0.39, 0.29) is 11.4 Å². The van der Waals surface area contributed by atoms with E-state index in [1.54, 1.807) is 31.5 Å². The smallest absolute Gasteiger partial charge is 0.310 e. The molecule has 0 aliphatic heterocycles. The zero-order chi connectivity index (χ0) is 21.5. The molecular formula is C20H18N4O6. The Bertz CT molecular complexity index is 1110. The highest BCUT2D eigenvalue weighted by atomic mass is 16.6. The molecule has 4 aromatic rings. The molecular weight excluding hydrogens is 392 g/mol. The molecule has 2 aromatic heterocycles. The molecule has 0 saturated carbocycles. The van der Waals surface area contributed by atoms with Gasteiger partial charge in [-0.15, -0.1) is 0 Å². The van der Waals surface area contributed by atoms with Gasteiger partial charge in [0, 0.05) is 17.2 Å². The predicted octanol–water partition coefficient (Wildman–Crippen LogP) is 4.19. The summed E-state index contributed by atoms with van der Waals surface area (Å²) in [7, 11) is 2.96. The van der Waals surface area contributed by atoms with Gasteiger partial charge >= 0.3 is 5.69 Å². The Morgan fingerprint density at radius 3 is 1.90 bits per heavy atom. The maximum absolute atomic E-state index is 10.7. The second kappa shape index (κ2) is 9.24. The normalized spacial score (nSPS) is 10.1. The van der Waals surface area contributed by atoms with Gasteiger partial charge in [0.25, 0.3) is 0 Å². The summed E-state index contributed by atoms with van der Waals surface area (Å²) in [4.78, 5) is 17.8. The van der Waals surface area contributed by atoms with Gasteiger partial charge in [-0.25, -0.2) is 9.97 Å². The van der Waals surface area contributed by atoms with Crippen LogP contribution in [0.15, 0.2) is 70.4 Å². The summed E-state index contributed by atoms with van der Waals surface area (Å²) in [5, 5.41) is 10.7.